The van der Waals surface area contributed by atoms with E-state index in [0.717, 1.165) is 13.0 Å². The van der Waals surface area contributed by atoms with Gasteiger partial charge in [0.1, 0.15) is 17.3 Å². The van der Waals surface area contributed by atoms with Crippen LogP contribution in [0.3, 0.4) is 0 Å². The largest absolute Gasteiger partial charge is 0.366 e. The molecule has 0 amide bonds. The minimum Gasteiger partial charge on any atom is -0.366 e. The highest BCUT2D eigenvalue weighted by Crippen LogP contribution is 2.28. The average Bonchev–Trinajstić information content (AvgIpc) is 2.74. The molecule has 2 nitrogen and oxygen atoms in total. The molecule has 1 aromatic carbocycles. The van der Waals surface area contributed by atoms with E-state index in [4.69, 9.17) is 0 Å². The molecular formula is C15H22F2N2. The molecule has 1 atom stereocenters. The van der Waals surface area contributed by atoms with Crippen molar-refractivity contribution >= 4 is 5.69 Å². The van der Waals surface area contributed by atoms with Gasteiger partial charge in [-0.3, -0.25) is 0 Å². The molecule has 0 aliphatic carbocycles. The lowest BCUT2D eigenvalue weighted by Gasteiger charge is -2.24. The van der Waals surface area contributed by atoms with E-state index in [1.165, 1.54) is 18.2 Å². The van der Waals surface area contributed by atoms with Crippen LogP contribution in [-0.2, 0) is 0 Å². The van der Waals surface area contributed by atoms with Gasteiger partial charge in [-0.1, -0.05) is 6.07 Å². The fraction of sp³-hybridized carbons (Fsp3) is 0.600. The lowest BCUT2D eigenvalue weighted by Crippen LogP contribution is -2.39. The van der Waals surface area contributed by atoms with Gasteiger partial charge in [0.15, 0.2) is 0 Å². The van der Waals surface area contributed by atoms with Crippen LogP contribution >= 0.6 is 0 Å². The Hall–Kier alpha value is -1.16. The number of nitrogens with zero attached hydrogens (tertiary/aromatic N) is 1. The number of nitrogens with one attached hydrogen (secondary N) is 1. The van der Waals surface area contributed by atoms with Gasteiger partial charge in [0.2, 0.25) is 0 Å². The molecule has 19 heavy (non-hydrogen) atoms. The topological polar surface area (TPSA) is 15.3 Å². The van der Waals surface area contributed by atoms with E-state index < -0.39 is 11.6 Å². The third kappa shape index (κ3) is 3.66. The molecule has 0 aromatic heterocycles. The number of halogens is 2. The summed E-state index contributed by atoms with van der Waals surface area (Å²) in [5.41, 5.74) is 0.206. The average molecular weight is 268 g/mol. The van der Waals surface area contributed by atoms with Crippen molar-refractivity contribution in [1.82, 2.24) is 5.32 Å². The highest BCUT2D eigenvalue weighted by molar-refractivity contribution is 5.50. The molecule has 0 spiro atoms. The minimum atomic E-state index is -0.468. The van der Waals surface area contributed by atoms with Gasteiger partial charge in [0.05, 0.1) is 0 Å². The fourth-order valence-electron chi connectivity index (χ4n) is 2.44. The second-order valence-electron chi connectivity index (χ2n) is 6.30. The van der Waals surface area contributed by atoms with Crippen LogP contribution in [0.4, 0.5) is 14.5 Å². The highest BCUT2D eigenvalue weighted by atomic mass is 19.1. The zero-order valence-corrected chi connectivity index (χ0v) is 11.8. The Morgan fingerprint density at radius 3 is 2.47 bits per heavy atom. The maximum Gasteiger partial charge on any atom is 0.149 e. The first-order valence-electron chi connectivity index (χ1n) is 6.81. The number of hydrogen-bond donors (Lipinski definition) is 1. The maximum absolute atomic E-state index is 13.7. The van der Waals surface area contributed by atoms with Gasteiger partial charge in [0.25, 0.3) is 0 Å². The van der Waals surface area contributed by atoms with Gasteiger partial charge in [-0.15, -0.1) is 0 Å². The summed E-state index contributed by atoms with van der Waals surface area (Å²) in [5.74, 6) is -0.493. The second-order valence-corrected chi connectivity index (χ2v) is 6.30. The van der Waals surface area contributed by atoms with Crippen molar-refractivity contribution in [2.75, 3.05) is 24.5 Å². The summed E-state index contributed by atoms with van der Waals surface area (Å²) < 4.78 is 27.4. The molecular weight excluding hydrogens is 246 g/mol. The van der Waals surface area contributed by atoms with Gasteiger partial charge in [0, 0.05) is 25.2 Å². The molecule has 1 aliphatic heterocycles. The fourth-order valence-corrected chi connectivity index (χ4v) is 2.44. The van der Waals surface area contributed by atoms with Crippen molar-refractivity contribution in [3.63, 3.8) is 0 Å². The van der Waals surface area contributed by atoms with Crippen molar-refractivity contribution in [2.45, 2.75) is 32.7 Å². The third-order valence-electron chi connectivity index (χ3n) is 3.46. The standard InChI is InChI=1S/C15H22F2N2/c1-15(2,3)18-9-11-7-8-19(10-11)14-12(16)5-4-6-13(14)17/h4-6,11,18H,7-10H2,1-3H3. The molecule has 1 aliphatic rings. The zero-order chi connectivity index (χ0) is 14.0. The summed E-state index contributed by atoms with van der Waals surface area (Å²) >= 11 is 0. The molecule has 1 fully saturated rings. The Morgan fingerprint density at radius 1 is 1.26 bits per heavy atom. The van der Waals surface area contributed by atoms with E-state index in [0.29, 0.717) is 19.0 Å². The Balaban J connectivity index is 1.99. The monoisotopic (exact) mass is 268 g/mol. The quantitative estimate of drug-likeness (QED) is 0.905. The van der Waals surface area contributed by atoms with Crippen molar-refractivity contribution in [1.29, 1.82) is 0 Å². The number of rotatable bonds is 3. The summed E-state index contributed by atoms with van der Waals surface area (Å²) in [6.45, 7) is 8.67. The van der Waals surface area contributed by atoms with Crippen molar-refractivity contribution in [2.24, 2.45) is 5.92 Å². The maximum atomic E-state index is 13.7. The summed E-state index contributed by atoms with van der Waals surface area (Å²) in [4.78, 5) is 1.82. The van der Waals surface area contributed by atoms with E-state index in [1.807, 2.05) is 4.90 Å². The van der Waals surface area contributed by atoms with Crippen LogP contribution in [-0.4, -0.2) is 25.2 Å². The highest BCUT2D eigenvalue weighted by Gasteiger charge is 2.27. The SMILES string of the molecule is CC(C)(C)NCC1CCN(c2c(F)cccc2F)C1. The van der Waals surface area contributed by atoms with E-state index in [-0.39, 0.29) is 11.2 Å². The predicted molar refractivity (Wildman–Crippen MR) is 74.4 cm³/mol. The van der Waals surface area contributed by atoms with Gasteiger partial charge in [-0.2, -0.15) is 0 Å². The number of benzene rings is 1. The molecule has 0 bridgehead atoms. The normalized spacial score (nSPS) is 20.1. The van der Waals surface area contributed by atoms with E-state index in [9.17, 15) is 8.78 Å². The molecule has 4 heteroatoms. The molecule has 106 valence electrons. The lowest BCUT2D eigenvalue weighted by molar-refractivity contribution is 0.383. The van der Waals surface area contributed by atoms with Gasteiger partial charge in [-0.25, -0.2) is 8.78 Å². The Morgan fingerprint density at radius 2 is 1.89 bits per heavy atom. The summed E-state index contributed by atoms with van der Waals surface area (Å²) in [6, 6.07) is 4.04. The number of hydrogen-bond acceptors (Lipinski definition) is 2. The molecule has 1 aromatic rings. The van der Waals surface area contributed by atoms with Crippen LogP contribution in [0, 0.1) is 17.6 Å². The van der Waals surface area contributed by atoms with E-state index in [1.54, 1.807) is 0 Å². The Kier molecular flexibility index (Phi) is 4.09. The first-order chi connectivity index (χ1) is 8.87. The van der Waals surface area contributed by atoms with Crippen LogP contribution < -0.4 is 10.2 Å². The van der Waals surface area contributed by atoms with Gasteiger partial charge in [-0.05, 0) is 45.2 Å². The lowest BCUT2D eigenvalue weighted by atomic mass is 10.1. The summed E-state index contributed by atoms with van der Waals surface area (Å²) in [5, 5.41) is 3.45. The summed E-state index contributed by atoms with van der Waals surface area (Å²) in [7, 11) is 0. The third-order valence-corrected chi connectivity index (χ3v) is 3.46. The Labute approximate surface area is 113 Å². The summed E-state index contributed by atoms with van der Waals surface area (Å²) in [6.07, 6.45) is 0.969. The predicted octanol–water partition coefficient (Wildman–Crippen LogP) is 3.18. The molecule has 1 heterocycles. The number of para-hydroxylation sites is 1. The van der Waals surface area contributed by atoms with E-state index >= 15 is 0 Å². The van der Waals surface area contributed by atoms with Crippen LogP contribution in [0.1, 0.15) is 27.2 Å². The van der Waals surface area contributed by atoms with Crippen molar-refractivity contribution in [3.05, 3.63) is 29.8 Å². The second kappa shape index (κ2) is 5.45. The first kappa shape index (κ1) is 14.3. The van der Waals surface area contributed by atoms with Gasteiger partial charge < -0.3 is 10.2 Å². The smallest absolute Gasteiger partial charge is 0.149 e. The minimum absolute atomic E-state index is 0.0800. The molecule has 0 radical (unpaired) electrons. The Bertz CT molecular complexity index is 420. The van der Waals surface area contributed by atoms with Gasteiger partial charge >= 0.3 is 0 Å². The van der Waals surface area contributed by atoms with Crippen LogP contribution in [0.25, 0.3) is 0 Å². The van der Waals surface area contributed by atoms with Crippen LogP contribution in [0.5, 0.6) is 0 Å². The van der Waals surface area contributed by atoms with Crippen LogP contribution in [0.15, 0.2) is 18.2 Å². The molecule has 1 saturated heterocycles. The molecule has 1 unspecified atom stereocenters. The van der Waals surface area contributed by atoms with Crippen molar-refractivity contribution < 1.29 is 8.78 Å². The molecule has 0 saturated carbocycles. The molecule has 2 rings (SSSR count). The first-order valence-corrected chi connectivity index (χ1v) is 6.81. The number of anilines is 1. The van der Waals surface area contributed by atoms with Crippen molar-refractivity contribution in [3.8, 4) is 0 Å². The van der Waals surface area contributed by atoms with Crippen LogP contribution in [0.2, 0.25) is 0 Å². The molecule has 1 N–H and O–H groups in total. The van der Waals surface area contributed by atoms with E-state index in [2.05, 4.69) is 26.1 Å². The zero-order valence-electron chi connectivity index (χ0n) is 11.8.